The number of aromatic nitrogens is 2. The van der Waals surface area contributed by atoms with Gasteiger partial charge in [0.05, 0.1) is 6.61 Å². The highest BCUT2D eigenvalue weighted by Gasteiger charge is 2.51. The molecule has 3 rings (SSSR count). The van der Waals surface area contributed by atoms with E-state index >= 15 is 0 Å². The molecule has 5 heteroatoms. The largest absolute Gasteiger partial charge is 0.465 e. The summed E-state index contributed by atoms with van der Waals surface area (Å²) in [5.74, 6) is 0.642. The number of carbonyl (C=O) groups excluding carboxylic acids is 1. The van der Waals surface area contributed by atoms with Gasteiger partial charge in [0.15, 0.2) is 0 Å². The third-order valence-corrected chi connectivity index (χ3v) is 3.98. The highest BCUT2D eigenvalue weighted by Crippen LogP contribution is 2.44. The first-order valence-corrected chi connectivity index (χ1v) is 7.24. The topological polar surface area (TPSA) is 65.2 Å². The highest BCUT2D eigenvalue weighted by atomic mass is 16.5. The second-order valence-corrected chi connectivity index (χ2v) is 5.45. The molecule has 110 valence electrons. The van der Waals surface area contributed by atoms with Gasteiger partial charge in [-0.15, -0.1) is 0 Å². The number of carbonyl (C=O) groups is 1. The van der Waals surface area contributed by atoms with E-state index in [1.165, 1.54) is 0 Å². The van der Waals surface area contributed by atoms with Gasteiger partial charge in [0.1, 0.15) is 5.41 Å². The van der Waals surface area contributed by atoms with Crippen molar-refractivity contribution in [2.45, 2.75) is 38.5 Å². The molecule has 0 atom stereocenters. The summed E-state index contributed by atoms with van der Waals surface area (Å²) in [6.07, 6.45) is 2.39. The molecule has 1 aromatic carbocycles. The summed E-state index contributed by atoms with van der Waals surface area (Å²) in [5, 5.41) is 4.02. The summed E-state index contributed by atoms with van der Waals surface area (Å²) in [6, 6.07) is 7.88. The molecular formula is C16H18N2O3. The Morgan fingerprint density at radius 1 is 1.43 bits per heavy atom. The standard InChI is InChI=1S/C16H18N2O3/c1-3-20-15(19)16(8-5-9-16)14-17-13(18-21-14)12-7-4-6-11(2)10-12/h4,6-7,10H,3,5,8-9H2,1-2H3. The van der Waals surface area contributed by atoms with Crippen LogP contribution < -0.4 is 0 Å². The van der Waals surface area contributed by atoms with Gasteiger partial charge >= 0.3 is 5.97 Å². The minimum atomic E-state index is -0.731. The van der Waals surface area contributed by atoms with Gasteiger partial charge < -0.3 is 9.26 Å². The summed E-state index contributed by atoms with van der Waals surface area (Å²) >= 11 is 0. The van der Waals surface area contributed by atoms with E-state index in [0.717, 1.165) is 17.5 Å². The Balaban J connectivity index is 1.92. The molecule has 1 heterocycles. The van der Waals surface area contributed by atoms with Crippen molar-refractivity contribution in [1.29, 1.82) is 0 Å². The van der Waals surface area contributed by atoms with Gasteiger partial charge in [0.25, 0.3) is 0 Å². The number of ether oxygens (including phenoxy) is 1. The summed E-state index contributed by atoms with van der Waals surface area (Å²) in [4.78, 5) is 16.6. The molecule has 0 unspecified atom stereocenters. The predicted molar refractivity (Wildman–Crippen MR) is 76.6 cm³/mol. The Morgan fingerprint density at radius 2 is 2.24 bits per heavy atom. The third kappa shape index (κ3) is 2.33. The minimum absolute atomic E-state index is 0.254. The van der Waals surface area contributed by atoms with Crippen molar-refractivity contribution in [2.75, 3.05) is 6.61 Å². The van der Waals surface area contributed by atoms with Crippen molar-refractivity contribution >= 4 is 5.97 Å². The molecule has 1 saturated carbocycles. The monoisotopic (exact) mass is 286 g/mol. The van der Waals surface area contributed by atoms with E-state index in [-0.39, 0.29) is 5.97 Å². The summed E-state index contributed by atoms with van der Waals surface area (Å²) in [5.41, 5.74) is 1.29. The minimum Gasteiger partial charge on any atom is -0.465 e. The SMILES string of the molecule is CCOC(=O)C1(c2nc(-c3cccc(C)c3)no2)CCC1. The maximum absolute atomic E-state index is 12.2. The van der Waals surface area contributed by atoms with Crippen LogP contribution in [0.5, 0.6) is 0 Å². The van der Waals surface area contributed by atoms with Gasteiger partial charge in [0.2, 0.25) is 11.7 Å². The smallest absolute Gasteiger partial charge is 0.321 e. The van der Waals surface area contributed by atoms with Crippen molar-refractivity contribution in [1.82, 2.24) is 10.1 Å². The molecule has 1 fully saturated rings. The summed E-state index contributed by atoms with van der Waals surface area (Å²) < 4.78 is 10.5. The van der Waals surface area contributed by atoms with Crippen molar-refractivity contribution < 1.29 is 14.1 Å². The number of aryl methyl sites for hydroxylation is 1. The molecule has 0 amide bonds. The second kappa shape index (κ2) is 5.31. The van der Waals surface area contributed by atoms with Crippen LogP contribution in [0.3, 0.4) is 0 Å². The van der Waals surface area contributed by atoms with Gasteiger partial charge in [0, 0.05) is 5.56 Å². The number of hydrogen-bond donors (Lipinski definition) is 0. The van der Waals surface area contributed by atoms with Gasteiger partial charge in [-0.3, -0.25) is 4.79 Å². The number of hydrogen-bond acceptors (Lipinski definition) is 5. The molecule has 21 heavy (non-hydrogen) atoms. The molecule has 2 aromatic rings. The van der Waals surface area contributed by atoms with Crippen LogP contribution in [-0.2, 0) is 14.9 Å². The Bertz CT molecular complexity index is 659. The van der Waals surface area contributed by atoms with Gasteiger partial charge in [-0.2, -0.15) is 4.98 Å². The Kier molecular flexibility index (Phi) is 3.49. The van der Waals surface area contributed by atoms with Crippen molar-refractivity contribution in [3.63, 3.8) is 0 Å². The van der Waals surface area contributed by atoms with E-state index in [0.29, 0.717) is 31.2 Å². The Morgan fingerprint density at radius 3 is 2.86 bits per heavy atom. The molecule has 1 aromatic heterocycles. The van der Waals surface area contributed by atoms with Crippen LogP contribution in [0.2, 0.25) is 0 Å². The molecule has 1 aliphatic rings. The van der Waals surface area contributed by atoms with Gasteiger partial charge in [-0.1, -0.05) is 35.3 Å². The molecule has 5 nitrogen and oxygen atoms in total. The Labute approximate surface area is 123 Å². The molecule has 0 saturated heterocycles. The zero-order valence-corrected chi connectivity index (χ0v) is 12.3. The van der Waals surface area contributed by atoms with E-state index in [4.69, 9.17) is 9.26 Å². The zero-order chi connectivity index (χ0) is 14.9. The zero-order valence-electron chi connectivity index (χ0n) is 12.3. The second-order valence-electron chi connectivity index (χ2n) is 5.45. The van der Waals surface area contributed by atoms with Crippen molar-refractivity contribution in [3.05, 3.63) is 35.7 Å². The van der Waals surface area contributed by atoms with Gasteiger partial charge in [-0.05, 0) is 32.8 Å². The highest BCUT2D eigenvalue weighted by molar-refractivity contribution is 5.83. The van der Waals surface area contributed by atoms with Crippen LogP contribution in [0.1, 0.15) is 37.6 Å². The average molecular weight is 286 g/mol. The Hall–Kier alpha value is -2.17. The van der Waals surface area contributed by atoms with Crippen LogP contribution in [-0.4, -0.2) is 22.7 Å². The first-order valence-electron chi connectivity index (χ1n) is 7.24. The van der Waals surface area contributed by atoms with Crippen LogP contribution in [0.25, 0.3) is 11.4 Å². The lowest BCUT2D eigenvalue weighted by Gasteiger charge is -2.35. The lowest BCUT2D eigenvalue weighted by Crippen LogP contribution is -2.44. The summed E-state index contributed by atoms with van der Waals surface area (Å²) in [7, 11) is 0. The number of benzene rings is 1. The van der Waals surface area contributed by atoms with E-state index in [1.807, 2.05) is 31.2 Å². The molecule has 0 spiro atoms. The van der Waals surface area contributed by atoms with E-state index in [2.05, 4.69) is 10.1 Å². The normalized spacial score (nSPS) is 16.3. The summed E-state index contributed by atoms with van der Waals surface area (Å²) in [6.45, 7) is 4.17. The lowest BCUT2D eigenvalue weighted by molar-refractivity contribution is -0.155. The first-order chi connectivity index (χ1) is 10.2. The third-order valence-electron chi connectivity index (χ3n) is 3.98. The first kappa shape index (κ1) is 13.8. The van der Waals surface area contributed by atoms with Crippen LogP contribution in [0.15, 0.2) is 28.8 Å². The maximum Gasteiger partial charge on any atom is 0.321 e. The number of rotatable bonds is 4. The number of nitrogens with zero attached hydrogens (tertiary/aromatic N) is 2. The van der Waals surface area contributed by atoms with Gasteiger partial charge in [-0.25, -0.2) is 0 Å². The lowest BCUT2D eigenvalue weighted by atomic mass is 9.68. The fourth-order valence-corrected chi connectivity index (χ4v) is 2.62. The maximum atomic E-state index is 12.2. The molecule has 0 radical (unpaired) electrons. The fourth-order valence-electron chi connectivity index (χ4n) is 2.62. The van der Waals surface area contributed by atoms with E-state index in [9.17, 15) is 4.79 Å². The van der Waals surface area contributed by atoms with E-state index < -0.39 is 5.41 Å². The molecule has 1 aliphatic carbocycles. The number of esters is 1. The molecule has 0 aliphatic heterocycles. The van der Waals surface area contributed by atoms with Crippen LogP contribution >= 0.6 is 0 Å². The molecule has 0 bridgehead atoms. The molecule has 0 N–H and O–H groups in total. The predicted octanol–water partition coefficient (Wildman–Crippen LogP) is 3.03. The van der Waals surface area contributed by atoms with Crippen molar-refractivity contribution in [3.8, 4) is 11.4 Å². The quantitative estimate of drug-likeness (QED) is 0.808. The van der Waals surface area contributed by atoms with Crippen LogP contribution in [0, 0.1) is 6.92 Å². The van der Waals surface area contributed by atoms with Crippen molar-refractivity contribution in [2.24, 2.45) is 0 Å². The van der Waals surface area contributed by atoms with Crippen LogP contribution in [0.4, 0.5) is 0 Å². The van der Waals surface area contributed by atoms with E-state index in [1.54, 1.807) is 6.92 Å². The fraction of sp³-hybridized carbons (Fsp3) is 0.438. The molecular weight excluding hydrogens is 268 g/mol. The average Bonchev–Trinajstić information content (AvgIpc) is 2.88.